The highest BCUT2D eigenvalue weighted by molar-refractivity contribution is 5.95. The van der Waals surface area contributed by atoms with Gasteiger partial charge in [0.1, 0.15) is 0 Å². The van der Waals surface area contributed by atoms with Crippen LogP contribution in [-0.2, 0) is 14.9 Å². The number of carbonyl (C=O) groups excluding carboxylic acids is 2. The maximum Gasteiger partial charge on any atom is 0.253 e. The molecule has 2 amide bonds. The van der Waals surface area contributed by atoms with E-state index in [9.17, 15) is 9.59 Å². The maximum absolute atomic E-state index is 13.8. The van der Waals surface area contributed by atoms with E-state index < -0.39 is 5.41 Å². The molecule has 37 heavy (non-hydrogen) atoms. The summed E-state index contributed by atoms with van der Waals surface area (Å²) in [5.41, 5.74) is 3.22. The quantitative estimate of drug-likeness (QED) is 0.542. The molecule has 0 aromatic heterocycles. The zero-order chi connectivity index (χ0) is 25.7. The molecule has 0 aliphatic carbocycles. The Balaban J connectivity index is 1.29. The van der Waals surface area contributed by atoms with E-state index in [4.69, 9.17) is 4.74 Å². The molecule has 0 radical (unpaired) electrons. The second-order valence-corrected chi connectivity index (χ2v) is 9.99. The molecule has 0 unspecified atom stereocenters. The highest BCUT2D eigenvalue weighted by atomic mass is 16.5. The van der Waals surface area contributed by atoms with Crippen molar-refractivity contribution in [2.75, 3.05) is 44.3 Å². The van der Waals surface area contributed by atoms with Gasteiger partial charge in [-0.3, -0.25) is 9.59 Å². The molecular formula is C31H35N3O3. The van der Waals surface area contributed by atoms with Crippen LogP contribution in [0.2, 0.25) is 0 Å². The highest BCUT2D eigenvalue weighted by Crippen LogP contribution is 2.37. The number of anilines is 1. The molecule has 0 spiro atoms. The number of benzene rings is 3. The van der Waals surface area contributed by atoms with E-state index >= 15 is 0 Å². The number of rotatable bonds is 6. The summed E-state index contributed by atoms with van der Waals surface area (Å²) < 4.78 is 5.44. The number of hydrogen-bond acceptors (Lipinski definition) is 4. The number of likely N-dealkylation sites (tertiary alicyclic amines) is 1. The van der Waals surface area contributed by atoms with Crippen molar-refractivity contribution in [2.45, 2.75) is 31.2 Å². The minimum atomic E-state index is -0.665. The summed E-state index contributed by atoms with van der Waals surface area (Å²) in [6.07, 6.45) is 1.17. The van der Waals surface area contributed by atoms with Crippen LogP contribution in [0, 0.1) is 0 Å². The third-order valence-electron chi connectivity index (χ3n) is 7.80. The first-order chi connectivity index (χ1) is 18.1. The zero-order valence-electron chi connectivity index (χ0n) is 21.4. The van der Waals surface area contributed by atoms with Gasteiger partial charge in [0.2, 0.25) is 5.91 Å². The molecule has 3 aromatic rings. The minimum Gasteiger partial charge on any atom is -0.378 e. The molecule has 3 aromatic carbocycles. The van der Waals surface area contributed by atoms with Crippen LogP contribution in [0.1, 0.15) is 47.3 Å². The summed E-state index contributed by atoms with van der Waals surface area (Å²) in [4.78, 5) is 31.3. The van der Waals surface area contributed by atoms with Crippen molar-refractivity contribution < 1.29 is 14.3 Å². The lowest BCUT2D eigenvalue weighted by Gasteiger charge is -2.41. The van der Waals surface area contributed by atoms with Crippen molar-refractivity contribution in [3.63, 3.8) is 0 Å². The molecule has 2 heterocycles. The van der Waals surface area contributed by atoms with Crippen LogP contribution in [0.4, 0.5) is 5.69 Å². The molecule has 192 valence electrons. The lowest BCUT2D eigenvalue weighted by Crippen LogP contribution is -2.53. The molecule has 0 bridgehead atoms. The lowest BCUT2D eigenvalue weighted by molar-refractivity contribution is -0.129. The van der Waals surface area contributed by atoms with E-state index in [1.54, 1.807) is 0 Å². The lowest BCUT2D eigenvalue weighted by atomic mass is 9.71. The van der Waals surface area contributed by atoms with E-state index in [1.807, 2.05) is 96.8 Å². The number of nitrogens with one attached hydrogen (secondary N) is 1. The zero-order valence-corrected chi connectivity index (χ0v) is 21.4. The summed E-state index contributed by atoms with van der Waals surface area (Å²) in [6, 6.07) is 27.8. The van der Waals surface area contributed by atoms with Gasteiger partial charge in [-0.2, -0.15) is 0 Å². The second kappa shape index (κ2) is 11.2. The third kappa shape index (κ3) is 5.39. The van der Waals surface area contributed by atoms with Crippen molar-refractivity contribution in [3.8, 4) is 0 Å². The normalized spacial score (nSPS) is 18.2. The maximum atomic E-state index is 13.8. The van der Waals surface area contributed by atoms with Crippen molar-refractivity contribution in [1.29, 1.82) is 0 Å². The smallest absolute Gasteiger partial charge is 0.253 e. The Bertz CT molecular complexity index is 1180. The first-order valence-corrected chi connectivity index (χ1v) is 13.2. The fraction of sp³-hybridized carbons (Fsp3) is 0.355. The number of carbonyl (C=O) groups is 2. The fourth-order valence-electron chi connectivity index (χ4n) is 5.47. The minimum absolute atomic E-state index is 0.0215. The average molecular weight is 498 g/mol. The van der Waals surface area contributed by atoms with Crippen LogP contribution in [0.5, 0.6) is 0 Å². The topological polar surface area (TPSA) is 61.9 Å². The molecule has 2 fully saturated rings. The standard InChI is InChI=1S/C31H35N3O3/c1-24(25-8-4-2-5-9-25)32-30(36)31(27-10-6-3-7-11-27)16-18-34(19-17-31)29(35)26-12-14-28(15-13-26)33-20-22-37-23-21-33/h2-15,24H,16-23H2,1H3,(H,32,36)/t24-/m0/s1. The summed E-state index contributed by atoms with van der Waals surface area (Å²) in [5.74, 6) is 0.0465. The summed E-state index contributed by atoms with van der Waals surface area (Å²) in [6.45, 7) is 6.28. The van der Waals surface area contributed by atoms with Crippen LogP contribution in [-0.4, -0.2) is 56.1 Å². The largest absolute Gasteiger partial charge is 0.378 e. The number of ether oxygens (including phenoxy) is 1. The van der Waals surface area contributed by atoms with Gasteiger partial charge in [-0.15, -0.1) is 0 Å². The van der Waals surface area contributed by atoms with Gasteiger partial charge in [0.15, 0.2) is 0 Å². The second-order valence-electron chi connectivity index (χ2n) is 9.99. The Morgan fingerprint density at radius 2 is 1.41 bits per heavy atom. The monoisotopic (exact) mass is 497 g/mol. The molecule has 5 rings (SSSR count). The van der Waals surface area contributed by atoms with Crippen molar-refractivity contribution in [3.05, 3.63) is 102 Å². The Hall–Kier alpha value is -3.64. The van der Waals surface area contributed by atoms with Crippen LogP contribution in [0.25, 0.3) is 0 Å². The van der Waals surface area contributed by atoms with E-state index in [0.29, 0.717) is 31.5 Å². The Kier molecular flexibility index (Phi) is 7.56. The molecule has 0 saturated carbocycles. The predicted octanol–water partition coefficient (Wildman–Crippen LogP) is 4.57. The van der Waals surface area contributed by atoms with Crippen LogP contribution in [0.3, 0.4) is 0 Å². The molecule has 6 nitrogen and oxygen atoms in total. The summed E-state index contributed by atoms with van der Waals surface area (Å²) in [7, 11) is 0. The molecule has 2 saturated heterocycles. The Labute approximate surface area is 219 Å². The van der Waals surface area contributed by atoms with Gasteiger partial charge in [0.05, 0.1) is 24.7 Å². The summed E-state index contributed by atoms with van der Waals surface area (Å²) in [5, 5.41) is 3.26. The third-order valence-corrected chi connectivity index (χ3v) is 7.80. The van der Waals surface area contributed by atoms with Crippen LogP contribution >= 0.6 is 0 Å². The van der Waals surface area contributed by atoms with E-state index in [1.165, 1.54) is 0 Å². The average Bonchev–Trinajstić information content (AvgIpc) is 2.98. The molecule has 1 atom stereocenters. The van der Waals surface area contributed by atoms with Gasteiger partial charge >= 0.3 is 0 Å². The van der Waals surface area contributed by atoms with Crippen molar-refractivity contribution >= 4 is 17.5 Å². The van der Waals surface area contributed by atoms with Gasteiger partial charge in [0.25, 0.3) is 5.91 Å². The molecule has 1 N–H and O–H groups in total. The van der Waals surface area contributed by atoms with Crippen molar-refractivity contribution in [1.82, 2.24) is 10.2 Å². The number of amides is 2. The van der Waals surface area contributed by atoms with E-state index in [0.717, 1.165) is 43.1 Å². The number of morpholine rings is 1. The van der Waals surface area contributed by atoms with E-state index in [2.05, 4.69) is 10.2 Å². The molecule has 6 heteroatoms. The van der Waals surface area contributed by atoms with Gasteiger partial charge in [-0.05, 0) is 55.2 Å². The van der Waals surface area contributed by atoms with Crippen molar-refractivity contribution in [2.24, 2.45) is 0 Å². The Morgan fingerprint density at radius 1 is 0.811 bits per heavy atom. The number of nitrogens with zero attached hydrogens (tertiary/aromatic N) is 2. The van der Waals surface area contributed by atoms with Crippen LogP contribution in [0.15, 0.2) is 84.9 Å². The number of piperidine rings is 1. The van der Waals surface area contributed by atoms with Gasteiger partial charge in [-0.1, -0.05) is 60.7 Å². The van der Waals surface area contributed by atoms with E-state index in [-0.39, 0.29) is 17.9 Å². The predicted molar refractivity (Wildman–Crippen MR) is 146 cm³/mol. The van der Waals surface area contributed by atoms with Gasteiger partial charge in [-0.25, -0.2) is 0 Å². The Morgan fingerprint density at radius 3 is 2.03 bits per heavy atom. The molecular weight excluding hydrogens is 462 g/mol. The summed E-state index contributed by atoms with van der Waals surface area (Å²) >= 11 is 0. The highest BCUT2D eigenvalue weighted by Gasteiger charge is 2.44. The van der Waals surface area contributed by atoms with Gasteiger partial charge in [0, 0.05) is 37.4 Å². The number of hydrogen-bond donors (Lipinski definition) is 1. The first kappa shape index (κ1) is 25.0. The van der Waals surface area contributed by atoms with Crippen LogP contribution < -0.4 is 10.2 Å². The van der Waals surface area contributed by atoms with Gasteiger partial charge < -0.3 is 19.9 Å². The molecule has 2 aliphatic heterocycles. The SMILES string of the molecule is C[C@H](NC(=O)C1(c2ccccc2)CCN(C(=O)c2ccc(N3CCOCC3)cc2)CC1)c1ccccc1. The molecule has 2 aliphatic rings. The fourth-order valence-corrected chi connectivity index (χ4v) is 5.47. The first-order valence-electron chi connectivity index (χ1n) is 13.2.